The van der Waals surface area contributed by atoms with E-state index in [-0.39, 0.29) is 11.3 Å². The number of halogens is 3. The van der Waals surface area contributed by atoms with Crippen molar-refractivity contribution >= 4 is 11.8 Å². The smallest absolute Gasteiger partial charge is 0.267 e. The summed E-state index contributed by atoms with van der Waals surface area (Å²) in [4.78, 5) is 27.8. The van der Waals surface area contributed by atoms with Gasteiger partial charge in [-0.1, -0.05) is 13.3 Å². The minimum Gasteiger partial charge on any atom is -0.491 e. The number of alkyl halides is 2. The number of carbonyl (C=O) groups excluding carboxylic acids is 2. The van der Waals surface area contributed by atoms with E-state index in [1.54, 1.807) is 0 Å². The van der Waals surface area contributed by atoms with Crippen molar-refractivity contribution in [3.63, 3.8) is 0 Å². The molecule has 6 nitrogen and oxygen atoms in total. The minimum absolute atomic E-state index is 0.0201. The number of ether oxygens (including phenoxy) is 1. The number of nitriles is 1. The highest BCUT2D eigenvalue weighted by Gasteiger charge is 2.52. The quantitative estimate of drug-likeness (QED) is 0.658. The first-order chi connectivity index (χ1) is 14.3. The van der Waals surface area contributed by atoms with Crippen molar-refractivity contribution in [2.24, 2.45) is 0 Å². The number of hydrogen-bond donors (Lipinski definition) is 0. The summed E-state index contributed by atoms with van der Waals surface area (Å²) in [5.41, 5.74) is -0.135. The summed E-state index contributed by atoms with van der Waals surface area (Å²) >= 11 is 0. The van der Waals surface area contributed by atoms with Crippen LogP contribution in [0, 0.1) is 17.1 Å². The number of hydrogen-bond acceptors (Lipinski definition) is 4. The zero-order valence-corrected chi connectivity index (χ0v) is 16.7. The van der Waals surface area contributed by atoms with E-state index in [1.807, 2.05) is 13.0 Å². The summed E-state index contributed by atoms with van der Waals surface area (Å²) in [6, 6.07) is 3.47. The van der Waals surface area contributed by atoms with Crippen molar-refractivity contribution in [1.29, 1.82) is 5.26 Å². The second-order valence-electron chi connectivity index (χ2n) is 7.67. The minimum atomic E-state index is -3.24. The first kappa shape index (κ1) is 21.9. The highest BCUT2D eigenvalue weighted by molar-refractivity contribution is 5.98. The van der Waals surface area contributed by atoms with E-state index in [2.05, 4.69) is 0 Å². The van der Waals surface area contributed by atoms with Gasteiger partial charge in [-0.2, -0.15) is 5.26 Å². The van der Waals surface area contributed by atoms with Gasteiger partial charge in [0.25, 0.3) is 11.8 Å². The number of carbonyl (C=O) groups is 2. The van der Waals surface area contributed by atoms with Gasteiger partial charge in [-0.15, -0.1) is 0 Å². The van der Waals surface area contributed by atoms with Crippen LogP contribution in [-0.4, -0.2) is 59.3 Å². The first-order valence-corrected chi connectivity index (χ1v) is 10.1. The summed E-state index contributed by atoms with van der Waals surface area (Å²) in [6.45, 7) is 1.65. The Balaban J connectivity index is 1.80. The third kappa shape index (κ3) is 4.53. The van der Waals surface area contributed by atoms with Crippen molar-refractivity contribution in [3.8, 4) is 11.8 Å². The number of benzene rings is 1. The molecule has 2 atom stereocenters. The highest BCUT2D eigenvalue weighted by atomic mass is 19.3. The van der Waals surface area contributed by atoms with Crippen LogP contribution in [0.2, 0.25) is 0 Å². The molecule has 0 bridgehead atoms. The molecule has 3 rings (SSSR count). The van der Waals surface area contributed by atoms with Crippen LogP contribution < -0.4 is 4.74 Å². The van der Waals surface area contributed by atoms with Crippen molar-refractivity contribution in [2.45, 2.75) is 57.0 Å². The zero-order valence-electron chi connectivity index (χ0n) is 16.7. The molecule has 2 heterocycles. The Morgan fingerprint density at radius 1 is 1.33 bits per heavy atom. The lowest BCUT2D eigenvalue weighted by Gasteiger charge is -2.28. The van der Waals surface area contributed by atoms with Gasteiger partial charge in [0, 0.05) is 18.5 Å². The summed E-state index contributed by atoms with van der Waals surface area (Å²) in [6.07, 6.45) is 1.88. The van der Waals surface area contributed by atoms with Crippen LogP contribution in [0.3, 0.4) is 0 Å². The number of rotatable bonds is 6. The molecule has 0 N–H and O–H groups in total. The maximum atomic E-state index is 14.3. The molecular formula is C21H24F3N3O3. The molecule has 1 aromatic rings. The molecular weight excluding hydrogens is 399 g/mol. The predicted molar refractivity (Wildman–Crippen MR) is 102 cm³/mol. The number of amides is 2. The Morgan fingerprint density at radius 2 is 2.10 bits per heavy atom. The maximum absolute atomic E-state index is 14.3. The second-order valence-corrected chi connectivity index (χ2v) is 7.67. The van der Waals surface area contributed by atoms with Gasteiger partial charge in [0.1, 0.15) is 12.1 Å². The average Bonchev–Trinajstić information content (AvgIpc) is 3.32. The molecule has 2 aliphatic rings. The number of likely N-dealkylation sites (tertiary alicyclic amines) is 2. The average molecular weight is 423 g/mol. The van der Waals surface area contributed by atoms with Crippen molar-refractivity contribution in [3.05, 3.63) is 29.6 Å². The Bertz CT molecular complexity index is 856. The third-order valence-electron chi connectivity index (χ3n) is 5.43. The fourth-order valence-electron chi connectivity index (χ4n) is 3.85. The molecule has 0 unspecified atom stereocenters. The SMILES string of the molecule is CCCCOc1ccc(C(=O)N2CC(F)(F)C[C@H]2C(=O)N2CCC[C@H]2C#N)cc1F. The maximum Gasteiger partial charge on any atom is 0.267 e. The lowest BCUT2D eigenvalue weighted by Crippen LogP contribution is -2.49. The standard InChI is InChI=1S/C21H24F3N3O3/c1-2-3-9-30-18-7-6-14(10-16(18)22)19(28)27-13-21(23,24)11-17(27)20(29)26-8-4-5-15(26)12-25/h6-7,10,15,17H,2-5,8-9,11,13H2,1H3/t15-,17-/m0/s1. The molecule has 0 aliphatic carbocycles. The monoisotopic (exact) mass is 423 g/mol. The fraction of sp³-hybridized carbons (Fsp3) is 0.571. The van der Waals surface area contributed by atoms with Gasteiger partial charge in [0.05, 0.1) is 19.2 Å². The molecule has 162 valence electrons. The van der Waals surface area contributed by atoms with Gasteiger partial charge in [-0.3, -0.25) is 9.59 Å². The first-order valence-electron chi connectivity index (χ1n) is 10.1. The molecule has 0 spiro atoms. The van der Waals surface area contributed by atoms with Gasteiger partial charge in [-0.25, -0.2) is 13.2 Å². The summed E-state index contributed by atoms with van der Waals surface area (Å²) < 4.78 is 47.9. The molecule has 9 heteroatoms. The van der Waals surface area contributed by atoms with E-state index in [0.717, 1.165) is 23.8 Å². The van der Waals surface area contributed by atoms with Crippen LogP contribution in [0.1, 0.15) is 49.4 Å². The predicted octanol–water partition coefficient (Wildman–Crippen LogP) is 3.37. The van der Waals surface area contributed by atoms with E-state index in [9.17, 15) is 28.0 Å². The number of unbranched alkanes of at least 4 members (excludes halogenated alkanes) is 1. The van der Waals surface area contributed by atoms with Crippen LogP contribution >= 0.6 is 0 Å². The van der Waals surface area contributed by atoms with E-state index < -0.39 is 48.6 Å². The van der Waals surface area contributed by atoms with Crippen LogP contribution in [0.25, 0.3) is 0 Å². The topological polar surface area (TPSA) is 73.6 Å². The van der Waals surface area contributed by atoms with Gasteiger partial charge in [0.2, 0.25) is 5.91 Å². The Hall–Kier alpha value is -2.76. The Morgan fingerprint density at radius 3 is 2.77 bits per heavy atom. The summed E-state index contributed by atoms with van der Waals surface area (Å²) in [5.74, 6) is -5.54. The Kier molecular flexibility index (Phi) is 6.54. The van der Waals surface area contributed by atoms with E-state index in [0.29, 0.717) is 26.0 Å². The van der Waals surface area contributed by atoms with Crippen molar-refractivity contribution < 1.29 is 27.5 Å². The fourth-order valence-corrected chi connectivity index (χ4v) is 3.85. The lowest BCUT2D eigenvalue weighted by atomic mass is 10.1. The van der Waals surface area contributed by atoms with Crippen molar-refractivity contribution in [1.82, 2.24) is 9.80 Å². The van der Waals surface area contributed by atoms with E-state index in [4.69, 9.17) is 4.74 Å². The molecule has 0 saturated carbocycles. The molecule has 2 saturated heterocycles. The van der Waals surface area contributed by atoms with Gasteiger partial charge in [-0.05, 0) is 37.5 Å². The molecule has 2 aliphatic heterocycles. The third-order valence-corrected chi connectivity index (χ3v) is 5.43. The second kappa shape index (κ2) is 8.94. The Labute approximate surface area is 173 Å². The molecule has 30 heavy (non-hydrogen) atoms. The van der Waals surface area contributed by atoms with Crippen LogP contribution in [-0.2, 0) is 4.79 Å². The molecule has 1 aromatic carbocycles. The van der Waals surface area contributed by atoms with Crippen LogP contribution in [0.5, 0.6) is 5.75 Å². The van der Waals surface area contributed by atoms with Gasteiger partial charge in [0.15, 0.2) is 11.6 Å². The summed E-state index contributed by atoms with van der Waals surface area (Å²) in [5, 5.41) is 9.19. The van der Waals surface area contributed by atoms with Gasteiger partial charge < -0.3 is 14.5 Å². The molecule has 2 amide bonds. The highest BCUT2D eigenvalue weighted by Crippen LogP contribution is 2.35. The largest absolute Gasteiger partial charge is 0.491 e. The summed E-state index contributed by atoms with van der Waals surface area (Å²) in [7, 11) is 0. The van der Waals surface area contributed by atoms with E-state index >= 15 is 0 Å². The van der Waals surface area contributed by atoms with E-state index in [1.165, 1.54) is 17.0 Å². The van der Waals surface area contributed by atoms with Crippen LogP contribution in [0.15, 0.2) is 18.2 Å². The molecule has 0 aromatic heterocycles. The molecule has 0 radical (unpaired) electrons. The zero-order chi connectivity index (χ0) is 21.9. The normalized spacial score (nSPS) is 22.8. The molecule has 2 fully saturated rings. The van der Waals surface area contributed by atoms with Crippen LogP contribution in [0.4, 0.5) is 13.2 Å². The number of nitrogens with zero attached hydrogens (tertiary/aromatic N) is 3. The lowest BCUT2D eigenvalue weighted by molar-refractivity contribution is -0.135. The van der Waals surface area contributed by atoms with Gasteiger partial charge >= 0.3 is 0 Å². The van der Waals surface area contributed by atoms with Crippen molar-refractivity contribution in [2.75, 3.05) is 19.7 Å².